The second-order valence-electron chi connectivity index (χ2n) is 6.86. The second kappa shape index (κ2) is 8.61. The smallest absolute Gasteiger partial charge is 0.362 e. The van der Waals surface area contributed by atoms with Crippen LogP contribution in [0.4, 0.5) is 0 Å². The van der Waals surface area contributed by atoms with Gasteiger partial charge in [0.15, 0.2) is 6.04 Å². The van der Waals surface area contributed by atoms with E-state index in [1.807, 2.05) is 24.3 Å². The van der Waals surface area contributed by atoms with Gasteiger partial charge in [0.1, 0.15) is 11.7 Å². The number of benzene rings is 1. The third-order valence-corrected chi connectivity index (χ3v) is 4.86. The highest BCUT2D eigenvalue weighted by atomic mass is 16.4. The fourth-order valence-electron chi connectivity index (χ4n) is 3.37. The molecule has 2 aromatic rings. The zero-order valence-electron chi connectivity index (χ0n) is 15.5. The van der Waals surface area contributed by atoms with E-state index < -0.39 is 30.0 Å². The molecular formula is C20H22N3O6+. The first-order valence-electron chi connectivity index (χ1n) is 9.09. The summed E-state index contributed by atoms with van der Waals surface area (Å²) < 4.78 is 0. The third-order valence-electron chi connectivity index (χ3n) is 4.86. The molecule has 0 amide bonds. The lowest BCUT2D eigenvalue weighted by Crippen LogP contribution is -2.92. The Morgan fingerprint density at radius 2 is 1.97 bits per heavy atom. The quantitative estimate of drug-likeness (QED) is 0.366. The Labute approximate surface area is 165 Å². The van der Waals surface area contributed by atoms with Crippen LogP contribution in [0.5, 0.6) is 0 Å². The average Bonchev–Trinajstić information content (AvgIpc) is 3.09. The number of para-hydroxylation sites is 1. The molecule has 29 heavy (non-hydrogen) atoms. The number of hydrogen-bond acceptors (Lipinski definition) is 4. The van der Waals surface area contributed by atoms with Gasteiger partial charge >= 0.3 is 17.9 Å². The van der Waals surface area contributed by atoms with Crippen LogP contribution < -0.4 is 10.6 Å². The SMILES string of the molecule is O=C(O)C1=CC(=CC[NH2+]C(Cc2c[nH]c3ccccc23)C(=O)O)CC(C(=O)O)N1. The molecule has 0 fully saturated rings. The number of aromatic nitrogens is 1. The van der Waals surface area contributed by atoms with E-state index in [-0.39, 0.29) is 18.7 Å². The number of nitrogens with two attached hydrogens (primary N) is 1. The van der Waals surface area contributed by atoms with Gasteiger partial charge in [0.2, 0.25) is 0 Å². The maximum Gasteiger partial charge on any atom is 0.362 e. The maximum atomic E-state index is 11.7. The Hall–Kier alpha value is -3.59. The molecule has 1 aliphatic heterocycles. The molecule has 9 nitrogen and oxygen atoms in total. The molecule has 9 heteroatoms. The van der Waals surface area contributed by atoms with Crippen molar-refractivity contribution in [3.8, 4) is 0 Å². The molecule has 2 atom stereocenters. The van der Waals surface area contributed by atoms with Gasteiger partial charge in [-0.05, 0) is 29.4 Å². The number of allylic oxidation sites excluding steroid dienone is 1. The number of rotatable bonds is 8. The van der Waals surface area contributed by atoms with E-state index in [1.54, 1.807) is 17.6 Å². The van der Waals surface area contributed by atoms with E-state index >= 15 is 0 Å². The van der Waals surface area contributed by atoms with Crippen LogP contribution in [-0.4, -0.2) is 56.8 Å². The summed E-state index contributed by atoms with van der Waals surface area (Å²) in [6.45, 7) is 0.282. The second-order valence-corrected chi connectivity index (χ2v) is 6.86. The minimum absolute atomic E-state index is 0.125. The minimum Gasteiger partial charge on any atom is -0.480 e. The number of aromatic amines is 1. The molecule has 0 bridgehead atoms. The van der Waals surface area contributed by atoms with Crippen molar-refractivity contribution in [2.75, 3.05) is 6.54 Å². The molecule has 152 valence electrons. The predicted octanol–water partition coefficient (Wildman–Crippen LogP) is 0.0684. The molecule has 3 rings (SSSR count). The van der Waals surface area contributed by atoms with E-state index in [9.17, 15) is 24.6 Å². The Balaban J connectivity index is 1.70. The predicted molar refractivity (Wildman–Crippen MR) is 103 cm³/mol. The molecule has 0 saturated carbocycles. The fraction of sp³-hybridized carbons (Fsp3) is 0.250. The summed E-state index contributed by atoms with van der Waals surface area (Å²) in [5, 5.41) is 33.0. The number of nitrogens with one attached hydrogen (secondary N) is 2. The van der Waals surface area contributed by atoms with Gasteiger partial charge < -0.3 is 30.9 Å². The van der Waals surface area contributed by atoms with Crippen LogP contribution in [0.1, 0.15) is 12.0 Å². The van der Waals surface area contributed by atoms with E-state index in [0.29, 0.717) is 12.0 Å². The molecule has 0 radical (unpaired) electrons. The summed E-state index contributed by atoms with van der Waals surface area (Å²) in [6.07, 6.45) is 5.30. The van der Waals surface area contributed by atoms with Crippen molar-refractivity contribution in [3.63, 3.8) is 0 Å². The van der Waals surface area contributed by atoms with Crippen LogP contribution in [0.3, 0.4) is 0 Å². The highest BCUT2D eigenvalue weighted by Crippen LogP contribution is 2.19. The van der Waals surface area contributed by atoms with Crippen LogP contribution in [0.25, 0.3) is 10.9 Å². The average molecular weight is 400 g/mol. The minimum atomic E-state index is -1.24. The molecule has 1 aromatic heterocycles. The van der Waals surface area contributed by atoms with Crippen LogP contribution >= 0.6 is 0 Å². The highest BCUT2D eigenvalue weighted by molar-refractivity contribution is 5.89. The van der Waals surface area contributed by atoms with Gasteiger partial charge in [0.25, 0.3) is 0 Å². The maximum absolute atomic E-state index is 11.7. The number of carboxylic acid groups (broad SMARTS) is 3. The number of hydrogen-bond donors (Lipinski definition) is 6. The summed E-state index contributed by atoms with van der Waals surface area (Å²) in [6, 6.07) is 5.89. The number of H-pyrrole nitrogens is 1. The van der Waals surface area contributed by atoms with Crippen molar-refractivity contribution in [2.45, 2.75) is 24.9 Å². The molecule has 2 unspecified atom stereocenters. The number of quaternary nitrogens is 1. The molecular weight excluding hydrogens is 378 g/mol. The lowest BCUT2D eigenvalue weighted by atomic mass is 9.99. The van der Waals surface area contributed by atoms with E-state index in [2.05, 4.69) is 10.3 Å². The molecule has 1 aromatic carbocycles. The fourth-order valence-corrected chi connectivity index (χ4v) is 3.37. The van der Waals surface area contributed by atoms with Gasteiger partial charge in [-0.1, -0.05) is 18.2 Å². The number of fused-ring (bicyclic) bond motifs is 1. The van der Waals surface area contributed by atoms with Gasteiger partial charge in [-0.15, -0.1) is 0 Å². The number of aliphatic carboxylic acids is 3. The zero-order chi connectivity index (χ0) is 21.0. The molecule has 0 aliphatic carbocycles. The van der Waals surface area contributed by atoms with Crippen LogP contribution in [0.15, 0.2) is 53.9 Å². The van der Waals surface area contributed by atoms with Gasteiger partial charge in [-0.25, -0.2) is 14.4 Å². The highest BCUT2D eigenvalue weighted by Gasteiger charge is 2.27. The van der Waals surface area contributed by atoms with Gasteiger partial charge in [0, 0.05) is 29.9 Å². The first-order chi connectivity index (χ1) is 13.8. The normalized spacial score (nSPS) is 18.8. The third kappa shape index (κ3) is 4.82. The molecule has 7 N–H and O–H groups in total. The Kier molecular flexibility index (Phi) is 5.99. The lowest BCUT2D eigenvalue weighted by molar-refractivity contribution is -0.669. The van der Waals surface area contributed by atoms with Crippen molar-refractivity contribution >= 4 is 28.8 Å². The zero-order valence-corrected chi connectivity index (χ0v) is 15.5. The summed E-state index contributed by atoms with van der Waals surface area (Å²) in [5.74, 6) is -3.34. The van der Waals surface area contributed by atoms with Crippen molar-refractivity contribution in [3.05, 3.63) is 59.4 Å². The summed E-state index contributed by atoms with van der Waals surface area (Å²) >= 11 is 0. The van der Waals surface area contributed by atoms with Crippen LogP contribution in [0, 0.1) is 0 Å². The number of carboxylic acids is 3. The van der Waals surface area contributed by atoms with Crippen molar-refractivity contribution in [1.29, 1.82) is 0 Å². The van der Waals surface area contributed by atoms with Crippen molar-refractivity contribution in [1.82, 2.24) is 10.3 Å². The summed E-state index contributed by atoms with van der Waals surface area (Å²) in [4.78, 5) is 37.2. The summed E-state index contributed by atoms with van der Waals surface area (Å²) in [7, 11) is 0. The largest absolute Gasteiger partial charge is 0.480 e. The van der Waals surface area contributed by atoms with Crippen LogP contribution in [-0.2, 0) is 20.8 Å². The van der Waals surface area contributed by atoms with E-state index in [0.717, 1.165) is 16.5 Å². The van der Waals surface area contributed by atoms with Crippen molar-refractivity contribution in [2.24, 2.45) is 0 Å². The Morgan fingerprint density at radius 3 is 2.66 bits per heavy atom. The van der Waals surface area contributed by atoms with Crippen LogP contribution in [0.2, 0.25) is 0 Å². The first-order valence-corrected chi connectivity index (χ1v) is 9.09. The topological polar surface area (TPSA) is 156 Å². The Morgan fingerprint density at radius 1 is 1.21 bits per heavy atom. The first kappa shape index (κ1) is 20.2. The van der Waals surface area contributed by atoms with E-state index in [1.165, 1.54) is 6.08 Å². The standard InChI is InChI=1S/C20H21N3O6/c24-18(25)15(9-12-10-22-14-4-2-1-3-13(12)14)21-6-5-11-7-16(19(26)27)23-17(8-11)20(28)29/h1-5,7,10,15,17,21-23H,6,8-9H2,(H,24,25)(H,26,27)(H,28,29)/p+1. The monoisotopic (exact) mass is 400 g/mol. The molecule has 0 saturated heterocycles. The lowest BCUT2D eigenvalue weighted by Gasteiger charge is -2.22. The number of carbonyl (C=O) groups is 3. The Bertz CT molecular complexity index is 1010. The van der Waals surface area contributed by atoms with Gasteiger partial charge in [-0.3, -0.25) is 0 Å². The van der Waals surface area contributed by atoms with Gasteiger partial charge in [-0.2, -0.15) is 0 Å². The molecule has 0 spiro atoms. The summed E-state index contributed by atoms with van der Waals surface area (Å²) in [5.41, 5.74) is 2.19. The van der Waals surface area contributed by atoms with E-state index in [4.69, 9.17) is 5.11 Å². The molecule has 1 aliphatic rings. The molecule has 2 heterocycles. The van der Waals surface area contributed by atoms with Crippen molar-refractivity contribution < 1.29 is 35.0 Å². The van der Waals surface area contributed by atoms with Gasteiger partial charge in [0.05, 0.1) is 6.54 Å².